The van der Waals surface area contributed by atoms with E-state index in [4.69, 9.17) is 21.1 Å². The maximum Gasteiger partial charge on any atom is 0.258 e. The topological polar surface area (TPSA) is 68.6 Å². The Morgan fingerprint density at radius 2 is 2.08 bits per heavy atom. The van der Waals surface area contributed by atoms with Crippen molar-refractivity contribution >= 4 is 23.4 Å². The average Bonchev–Trinajstić information content (AvgIpc) is 3.35. The monoisotopic (exact) mass is 520 g/mol. The van der Waals surface area contributed by atoms with E-state index in [-0.39, 0.29) is 12.2 Å². The van der Waals surface area contributed by atoms with Gasteiger partial charge in [-0.2, -0.15) is 0 Å². The molecule has 1 N–H and O–H groups in total. The van der Waals surface area contributed by atoms with Gasteiger partial charge in [0.05, 0.1) is 17.3 Å². The van der Waals surface area contributed by atoms with Gasteiger partial charge in [0.15, 0.2) is 0 Å². The molecule has 0 radical (unpaired) electrons. The van der Waals surface area contributed by atoms with E-state index in [9.17, 15) is 4.79 Å². The number of nitrogens with one attached hydrogen (secondary N) is 1. The minimum Gasteiger partial charge on any atom is -0.487 e. The van der Waals surface area contributed by atoms with E-state index in [0.717, 1.165) is 57.0 Å². The highest BCUT2D eigenvalue weighted by Gasteiger charge is 2.22. The summed E-state index contributed by atoms with van der Waals surface area (Å²) < 4.78 is 12.6. The second kappa shape index (κ2) is 12.0. The molecule has 3 heterocycles. The highest BCUT2D eigenvalue weighted by atomic mass is 35.5. The zero-order chi connectivity index (χ0) is 25.6. The molecule has 1 atom stereocenters. The summed E-state index contributed by atoms with van der Waals surface area (Å²) in [6, 6.07) is 14.2. The summed E-state index contributed by atoms with van der Waals surface area (Å²) >= 11 is 5.88. The Labute approximate surface area is 222 Å². The Morgan fingerprint density at radius 3 is 2.89 bits per heavy atom. The second-order valence-electron chi connectivity index (χ2n) is 9.66. The van der Waals surface area contributed by atoms with Gasteiger partial charge in [0.1, 0.15) is 12.4 Å². The van der Waals surface area contributed by atoms with Crippen molar-refractivity contribution in [2.24, 2.45) is 0 Å². The van der Waals surface area contributed by atoms with Gasteiger partial charge < -0.3 is 14.8 Å². The van der Waals surface area contributed by atoms with Gasteiger partial charge in [-0.25, -0.2) is 0 Å². The van der Waals surface area contributed by atoms with E-state index < -0.39 is 0 Å². The number of hydrogen-bond donors (Lipinski definition) is 1. The molecular weight excluding hydrogens is 488 g/mol. The third-order valence-electron chi connectivity index (χ3n) is 6.97. The second-order valence-corrected chi connectivity index (χ2v) is 10.1. The predicted molar refractivity (Wildman–Crippen MR) is 147 cm³/mol. The Balaban J connectivity index is 1.20. The molecule has 7 nitrogen and oxygen atoms in total. The molecule has 2 aliphatic rings. The van der Waals surface area contributed by atoms with Crippen molar-refractivity contribution < 1.29 is 9.47 Å². The van der Waals surface area contributed by atoms with Gasteiger partial charge in [-0.3, -0.25) is 19.2 Å². The summed E-state index contributed by atoms with van der Waals surface area (Å²) in [4.78, 5) is 19.6. The van der Waals surface area contributed by atoms with Gasteiger partial charge >= 0.3 is 0 Å². The largest absolute Gasteiger partial charge is 0.487 e. The van der Waals surface area contributed by atoms with E-state index in [1.54, 1.807) is 30.1 Å². The fraction of sp³-hybridized carbons (Fsp3) is 0.379. The van der Waals surface area contributed by atoms with Gasteiger partial charge in [-0.05, 0) is 60.2 Å². The molecule has 1 saturated heterocycles. The van der Waals surface area contributed by atoms with Gasteiger partial charge in [-0.15, -0.1) is 0 Å². The van der Waals surface area contributed by atoms with Crippen molar-refractivity contribution in [1.82, 2.24) is 19.8 Å². The van der Waals surface area contributed by atoms with Crippen LogP contribution in [-0.2, 0) is 24.3 Å². The lowest BCUT2D eigenvalue weighted by Gasteiger charge is -2.21. The number of pyridine rings is 2. The molecule has 37 heavy (non-hydrogen) atoms. The van der Waals surface area contributed by atoms with Crippen molar-refractivity contribution in [1.29, 1.82) is 0 Å². The van der Waals surface area contributed by atoms with Crippen LogP contribution in [0, 0.1) is 0 Å². The normalized spacial score (nSPS) is 17.5. The first-order valence-corrected chi connectivity index (χ1v) is 13.2. The molecule has 0 unspecified atom stereocenters. The quantitative estimate of drug-likeness (QED) is 0.403. The molecule has 194 valence electrons. The minimum absolute atomic E-state index is 0.101. The summed E-state index contributed by atoms with van der Waals surface area (Å²) in [7, 11) is 1.74. The number of hydrogen-bond acceptors (Lipinski definition) is 6. The van der Waals surface area contributed by atoms with Crippen LogP contribution in [0.5, 0.6) is 5.75 Å². The number of likely N-dealkylation sites (tertiary alicyclic amines) is 1. The van der Waals surface area contributed by atoms with E-state index in [2.05, 4.69) is 39.5 Å². The molecule has 1 aliphatic carbocycles. The summed E-state index contributed by atoms with van der Waals surface area (Å²) in [5.74, 6) is 0.525. The SMILES string of the molecule is COCCN[C@@H]1CCN(Cc2ccc3c(c2)CCC(n2ccc(OCc4ccc(Cl)cn4)cc2=O)=C3)C1. The first kappa shape index (κ1) is 25.7. The van der Waals surface area contributed by atoms with Crippen LogP contribution in [0.4, 0.5) is 0 Å². The Bertz CT molecular complexity index is 1310. The Morgan fingerprint density at radius 1 is 1.16 bits per heavy atom. The number of rotatable bonds is 10. The first-order chi connectivity index (χ1) is 18.1. The molecular formula is C29H33ClN4O3. The van der Waals surface area contributed by atoms with Gasteiger partial charge in [0.2, 0.25) is 0 Å². The van der Waals surface area contributed by atoms with Crippen LogP contribution in [0.3, 0.4) is 0 Å². The van der Waals surface area contributed by atoms with Crippen molar-refractivity contribution in [3.63, 3.8) is 0 Å². The van der Waals surface area contributed by atoms with Crippen LogP contribution in [0.1, 0.15) is 35.2 Å². The Kier molecular flexibility index (Phi) is 8.36. The first-order valence-electron chi connectivity index (χ1n) is 12.8. The zero-order valence-electron chi connectivity index (χ0n) is 21.2. The van der Waals surface area contributed by atoms with Crippen LogP contribution in [-0.4, -0.2) is 53.8 Å². The molecule has 0 spiro atoms. The van der Waals surface area contributed by atoms with Crippen LogP contribution in [0.2, 0.25) is 5.02 Å². The summed E-state index contributed by atoms with van der Waals surface area (Å²) in [5.41, 5.74) is 5.53. The third-order valence-corrected chi connectivity index (χ3v) is 7.20. The maximum absolute atomic E-state index is 12.9. The van der Waals surface area contributed by atoms with Crippen molar-refractivity contribution in [3.8, 4) is 5.75 Å². The van der Waals surface area contributed by atoms with E-state index in [1.807, 2.05) is 12.1 Å². The molecule has 2 aromatic heterocycles. The fourth-order valence-corrected chi connectivity index (χ4v) is 5.13. The smallest absolute Gasteiger partial charge is 0.258 e. The molecule has 0 amide bonds. The average molecular weight is 521 g/mol. The number of fused-ring (bicyclic) bond motifs is 1. The van der Waals surface area contributed by atoms with E-state index >= 15 is 0 Å². The van der Waals surface area contributed by atoms with Crippen molar-refractivity contribution in [2.45, 2.75) is 38.5 Å². The fourth-order valence-electron chi connectivity index (χ4n) is 5.02. The highest BCUT2D eigenvalue weighted by Crippen LogP contribution is 2.28. The molecule has 0 bridgehead atoms. The lowest BCUT2D eigenvalue weighted by atomic mass is 9.93. The van der Waals surface area contributed by atoms with Crippen LogP contribution in [0.15, 0.2) is 59.7 Å². The Hall–Kier alpha value is -2.97. The predicted octanol–water partition coefficient (Wildman–Crippen LogP) is 4.23. The number of nitrogens with zero attached hydrogens (tertiary/aromatic N) is 3. The van der Waals surface area contributed by atoms with Crippen molar-refractivity contribution in [2.75, 3.05) is 33.4 Å². The molecule has 0 saturated carbocycles. The van der Waals surface area contributed by atoms with Gasteiger partial charge in [0, 0.05) is 63.5 Å². The number of halogens is 1. The highest BCUT2D eigenvalue weighted by molar-refractivity contribution is 6.30. The lowest BCUT2D eigenvalue weighted by Crippen LogP contribution is -2.34. The van der Waals surface area contributed by atoms with Gasteiger partial charge in [0.25, 0.3) is 5.56 Å². The number of allylic oxidation sites excluding steroid dienone is 1. The number of aryl methyl sites for hydroxylation is 1. The number of aromatic nitrogens is 2. The lowest BCUT2D eigenvalue weighted by molar-refractivity contribution is 0.195. The summed E-state index contributed by atoms with van der Waals surface area (Å²) in [6.45, 7) is 5.10. The van der Waals surface area contributed by atoms with Crippen molar-refractivity contribution in [3.05, 3.63) is 92.6 Å². The number of ether oxygens (including phenoxy) is 2. The van der Waals surface area contributed by atoms with E-state index in [0.29, 0.717) is 16.8 Å². The minimum atomic E-state index is -0.101. The zero-order valence-corrected chi connectivity index (χ0v) is 21.9. The van der Waals surface area contributed by atoms with Gasteiger partial charge in [-0.1, -0.05) is 29.8 Å². The molecule has 3 aromatic rings. The maximum atomic E-state index is 12.9. The molecule has 1 fully saturated rings. The standard InChI is InChI=1S/C29H33ClN4O3/c1-36-13-10-31-25-8-11-33(19-25)18-21-2-3-23-15-27(7-4-22(23)14-21)34-12-9-28(16-29(34)35)37-20-26-6-5-24(30)17-32-26/h2-3,5-6,9,12,14-17,25,31H,4,7-8,10-11,13,18-20H2,1H3/t25-/m1/s1. The van der Waals surface area contributed by atoms with Crippen LogP contribution >= 0.6 is 11.6 Å². The molecule has 8 heteroatoms. The van der Waals surface area contributed by atoms with Crippen LogP contribution < -0.4 is 15.6 Å². The summed E-state index contributed by atoms with van der Waals surface area (Å²) in [6.07, 6.45) is 8.43. The third kappa shape index (κ3) is 6.67. The molecule has 1 aromatic carbocycles. The number of benzene rings is 1. The molecule has 5 rings (SSSR count). The van der Waals surface area contributed by atoms with Crippen LogP contribution in [0.25, 0.3) is 11.8 Å². The van der Waals surface area contributed by atoms with E-state index in [1.165, 1.54) is 29.2 Å². The number of methoxy groups -OCH3 is 1. The summed E-state index contributed by atoms with van der Waals surface area (Å²) in [5, 5.41) is 4.16. The molecule has 1 aliphatic heterocycles.